The highest BCUT2D eigenvalue weighted by Crippen LogP contribution is 2.11. The number of carbonyl (C=O) groups excluding carboxylic acids is 1. The fourth-order valence-corrected chi connectivity index (χ4v) is 2.36. The third-order valence-corrected chi connectivity index (χ3v) is 3.29. The predicted octanol–water partition coefficient (Wildman–Crippen LogP) is 2.14. The summed E-state index contributed by atoms with van der Waals surface area (Å²) in [5, 5.41) is 14.8. The lowest BCUT2D eigenvalue weighted by Crippen LogP contribution is -2.44. The van der Waals surface area contributed by atoms with E-state index in [1.165, 1.54) is 0 Å². The van der Waals surface area contributed by atoms with Crippen LogP contribution in [0.5, 0.6) is 0 Å². The molecule has 2 unspecified atom stereocenters. The molecule has 0 aliphatic rings. The van der Waals surface area contributed by atoms with E-state index in [1.54, 1.807) is 0 Å². The molecule has 116 valence electrons. The van der Waals surface area contributed by atoms with Crippen molar-refractivity contribution in [1.29, 1.82) is 0 Å². The Labute approximate surface area is 126 Å². The third kappa shape index (κ3) is 5.85. The first kappa shape index (κ1) is 17.0. The summed E-state index contributed by atoms with van der Waals surface area (Å²) >= 11 is 0. The predicted molar refractivity (Wildman–Crippen MR) is 84.1 cm³/mol. The van der Waals surface area contributed by atoms with Gasteiger partial charge in [-0.2, -0.15) is 0 Å². The molecule has 21 heavy (non-hydrogen) atoms. The van der Waals surface area contributed by atoms with Crippen LogP contribution in [0.15, 0.2) is 35.5 Å². The Hall–Kier alpha value is -2.04. The van der Waals surface area contributed by atoms with E-state index in [2.05, 4.69) is 24.3 Å². The first-order valence-corrected chi connectivity index (χ1v) is 7.25. The number of rotatable bonds is 7. The van der Waals surface area contributed by atoms with E-state index < -0.39 is 5.92 Å². The lowest BCUT2D eigenvalue weighted by Gasteiger charge is -2.20. The summed E-state index contributed by atoms with van der Waals surface area (Å²) in [6, 6.07) is 9.61. The number of oxime groups is 1. The zero-order valence-electron chi connectivity index (χ0n) is 12.9. The van der Waals surface area contributed by atoms with Crippen LogP contribution in [-0.4, -0.2) is 23.0 Å². The summed E-state index contributed by atoms with van der Waals surface area (Å²) < 4.78 is 0. The van der Waals surface area contributed by atoms with E-state index in [1.807, 2.05) is 37.3 Å². The van der Waals surface area contributed by atoms with Crippen LogP contribution in [0.4, 0.5) is 0 Å². The van der Waals surface area contributed by atoms with Crippen molar-refractivity contribution in [2.45, 2.75) is 39.7 Å². The van der Waals surface area contributed by atoms with E-state index in [-0.39, 0.29) is 17.8 Å². The van der Waals surface area contributed by atoms with Crippen molar-refractivity contribution >= 4 is 11.7 Å². The molecule has 1 aromatic carbocycles. The average Bonchev–Trinajstić information content (AvgIpc) is 2.44. The number of amides is 1. The summed E-state index contributed by atoms with van der Waals surface area (Å²) in [5.41, 5.74) is 6.66. The van der Waals surface area contributed by atoms with Gasteiger partial charge in [-0.15, -0.1) is 0 Å². The smallest absolute Gasteiger partial charge is 0.231 e. The molecule has 0 aliphatic heterocycles. The Kier molecular flexibility index (Phi) is 6.72. The van der Waals surface area contributed by atoms with E-state index >= 15 is 0 Å². The maximum atomic E-state index is 12.4. The molecule has 0 radical (unpaired) electrons. The Morgan fingerprint density at radius 1 is 1.29 bits per heavy atom. The number of carbonyl (C=O) groups is 1. The van der Waals surface area contributed by atoms with Gasteiger partial charge in [0.15, 0.2) is 5.84 Å². The standard InChI is InChI=1S/C16H25N3O2/c1-11(2)9-12(3)18-16(20)14(15(17)19-21)10-13-7-5-4-6-8-13/h4-8,11-12,14,21H,9-10H2,1-3H3,(H2,17,19)(H,18,20). The molecule has 0 fully saturated rings. The van der Waals surface area contributed by atoms with Gasteiger partial charge < -0.3 is 16.3 Å². The monoisotopic (exact) mass is 291 g/mol. The summed E-state index contributed by atoms with van der Waals surface area (Å²) in [4.78, 5) is 12.4. The molecule has 1 amide bonds. The molecule has 5 heteroatoms. The Morgan fingerprint density at radius 2 is 1.90 bits per heavy atom. The van der Waals surface area contributed by atoms with E-state index in [9.17, 15) is 4.79 Å². The highest BCUT2D eigenvalue weighted by Gasteiger charge is 2.25. The van der Waals surface area contributed by atoms with Crippen molar-refractivity contribution in [1.82, 2.24) is 5.32 Å². The van der Waals surface area contributed by atoms with Crippen molar-refractivity contribution in [2.75, 3.05) is 0 Å². The van der Waals surface area contributed by atoms with Crippen LogP contribution in [0.1, 0.15) is 32.8 Å². The largest absolute Gasteiger partial charge is 0.409 e. The van der Waals surface area contributed by atoms with Crippen molar-refractivity contribution in [3.63, 3.8) is 0 Å². The molecule has 5 nitrogen and oxygen atoms in total. The van der Waals surface area contributed by atoms with Crippen LogP contribution in [-0.2, 0) is 11.2 Å². The van der Waals surface area contributed by atoms with Gasteiger partial charge in [-0.1, -0.05) is 49.3 Å². The number of hydrogen-bond acceptors (Lipinski definition) is 3. The second-order valence-corrected chi connectivity index (χ2v) is 5.81. The van der Waals surface area contributed by atoms with Crippen LogP contribution >= 0.6 is 0 Å². The summed E-state index contributed by atoms with van der Waals surface area (Å²) in [6.07, 6.45) is 1.30. The SMILES string of the molecule is CC(C)CC(C)NC(=O)C(Cc1ccccc1)C(N)=NO. The van der Waals surface area contributed by atoms with Gasteiger partial charge in [-0.25, -0.2) is 0 Å². The number of benzene rings is 1. The average molecular weight is 291 g/mol. The minimum Gasteiger partial charge on any atom is -0.409 e. The maximum Gasteiger partial charge on any atom is 0.231 e. The maximum absolute atomic E-state index is 12.4. The molecule has 0 aliphatic carbocycles. The van der Waals surface area contributed by atoms with Crippen molar-refractivity contribution in [3.05, 3.63) is 35.9 Å². The molecule has 0 saturated heterocycles. The first-order valence-electron chi connectivity index (χ1n) is 7.25. The minimum absolute atomic E-state index is 0.0577. The highest BCUT2D eigenvalue weighted by molar-refractivity contribution is 6.02. The summed E-state index contributed by atoms with van der Waals surface area (Å²) in [7, 11) is 0. The van der Waals surface area contributed by atoms with Gasteiger partial charge in [0, 0.05) is 6.04 Å². The van der Waals surface area contributed by atoms with Gasteiger partial charge in [-0.05, 0) is 31.2 Å². The van der Waals surface area contributed by atoms with Crippen molar-refractivity contribution in [2.24, 2.45) is 22.7 Å². The topological polar surface area (TPSA) is 87.7 Å². The Balaban J connectivity index is 2.76. The van der Waals surface area contributed by atoms with Crippen LogP contribution < -0.4 is 11.1 Å². The lowest BCUT2D eigenvalue weighted by atomic mass is 9.96. The second-order valence-electron chi connectivity index (χ2n) is 5.81. The minimum atomic E-state index is -0.660. The highest BCUT2D eigenvalue weighted by atomic mass is 16.4. The van der Waals surface area contributed by atoms with Crippen LogP contribution in [0, 0.1) is 11.8 Å². The third-order valence-electron chi connectivity index (χ3n) is 3.29. The van der Waals surface area contributed by atoms with Gasteiger partial charge in [0.1, 0.15) is 5.92 Å². The van der Waals surface area contributed by atoms with Gasteiger partial charge in [0.25, 0.3) is 0 Å². The molecule has 4 N–H and O–H groups in total. The fourth-order valence-electron chi connectivity index (χ4n) is 2.36. The summed E-state index contributed by atoms with van der Waals surface area (Å²) in [5.74, 6) is -0.431. The quantitative estimate of drug-likeness (QED) is 0.311. The number of nitrogens with two attached hydrogens (primary N) is 1. The molecular weight excluding hydrogens is 266 g/mol. The number of amidine groups is 1. The normalized spacial score (nSPS) is 14.8. The van der Waals surface area contributed by atoms with Gasteiger partial charge >= 0.3 is 0 Å². The van der Waals surface area contributed by atoms with Crippen LogP contribution in [0.3, 0.4) is 0 Å². The molecule has 0 bridgehead atoms. The molecule has 0 aromatic heterocycles. The molecule has 2 atom stereocenters. The Morgan fingerprint density at radius 3 is 2.43 bits per heavy atom. The molecule has 1 aromatic rings. The van der Waals surface area contributed by atoms with Gasteiger partial charge in [0.05, 0.1) is 0 Å². The van der Waals surface area contributed by atoms with Gasteiger partial charge in [-0.3, -0.25) is 4.79 Å². The first-order chi connectivity index (χ1) is 9.93. The molecule has 0 heterocycles. The van der Waals surface area contributed by atoms with Crippen molar-refractivity contribution in [3.8, 4) is 0 Å². The molecule has 0 spiro atoms. The zero-order chi connectivity index (χ0) is 15.8. The van der Waals surface area contributed by atoms with E-state index in [0.29, 0.717) is 12.3 Å². The van der Waals surface area contributed by atoms with Crippen LogP contribution in [0.2, 0.25) is 0 Å². The summed E-state index contributed by atoms with van der Waals surface area (Å²) in [6.45, 7) is 6.17. The number of nitrogens with zero attached hydrogens (tertiary/aromatic N) is 1. The van der Waals surface area contributed by atoms with Gasteiger partial charge in [0.2, 0.25) is 5.91 Å². The number of hydrogen-bond donors (Lipinski definition) is 3. The second kappa shape index (κ2) is 8.29. The molecule has 1 rings (SSSR count). The van der Waals surface area contributed by atoms with Crippen molar-refractivity contribution < 1.29 is 10.0 Å². The van der Waals surface area contributed by atoms with Crippen LogP contribution in [0.25, 0.3) is 0 Å². The Bertz CT molecular complexity index is 472. The van der Waals surface area contributed by atoms with E-state index in [4.69, 9.17) is 10.9 Å². The zero-order valence-corrected chi connectivity index (χ0v) is 12.9. The van der Waals surface area contributed by atoms with E-state index in [0.717, 1.165) is 12.0 Å². The molecule has 0 saturated carbocycles. The number of nitrogens with one attached hydrogen (secondary N) is 1. The lowest BCUT2D eigenvalue weighted by molar-refractivity contribution is -0.123. The fraction of sp³-hybridized carbons (Fsp3) is 0.500. The molecular formula is C16H25N3O2.